The molecule has 10 heteroatoms. The molecular formula is C20H22ClN3O5S. The standard InChI is InChI=1S/C20H22ClN3O5S/c21-17-10-8-16(9-11-17)20(26)24(22)29-19(25)13-15-5-4-12-23(14-15)30(27,28)18-6-2-1-3-7-18/h1-3,6-11,15H,4-5,12-14,22H2. The topological polar surface area (TPSA) is 110 Å². The number of hydrogen-bond acceptors (Lipinski definition) is 6. The van der Waals surface area contributed by atoms with Gasteiger partial charge in [0.25, 0.3) is 0 Å². The fourth-order valence-corrected chi connectivity index (χ4v) is 5.00. The van der Waals surface area contributed by atoms with Gasteiger partial charge in [0.2, 0.25) is 10.0 Å². The van der Waals surface area contributed by atoms with Crippen molar-refractivity contribution in [3.63, 3.8) is 0 Å². The lowest BCUT2D eigenvalue weighted by Crippen LogP contribution is -2.42. The first-order valence-electron chi connectivity index (χ1n) is 9.38. The van der Waals surface area contributed by atoms with Gasteiger partial charge in [0.15, 0.2) is 0 Å². The van der Waals surface area contributed by atoms with Crippen LogP contribution in [0.1, 0.15) is 29.6 Å². The summed E-state index contributed by atoms with van der Waals surface area (Å²) >= 11 is 5.78. The zero-order valence-corrected chi connectivity index (χ0v) is 17.7. The fourth-order valence-electron chi connectivity index (χ4n) is 3.30. The molecule has 1 heterocycles. The fraction of sp³-hybridized carbons (Fsp3) is 0.300. The van der Waals surface area contributed by atoms with Crippen LogP contribution in [0.3, 0.4) is 0 Å². The van der Waals surface area contributed by atoms with Crippen LogP contribution in [0.4, 0.5) is 0 Å². The van der Waals surface area contributed by atoms with E-state index in [4.69, 9.17) is 22.3 Å². The smallest absolute Gasteiger partial charge is 0.322 e. The summed E-state index contributed by atoms with van der Waals surface area (Å²) in [7, 11) is -3.63. The Labute approximate surface area is 180 Å². The number of amides is 1. The molecule has 30 heavy (non-hydrogen) atoms. The minimum Gasteiger partial charge on any atom is -0.322 e. The second kappa shape index (κ2) is 9.57. The predicted molar refractivity (Wildman–Crippen MR) is 110 cm³/mol. The molecule has 1 aliphatic heterocycles. The highest BCUT2D eigenvalue weighted by atomic mass is 35.5. The molecule has 1 atom stereocenters. The number of carbonyl (C=O) groups excluding carboxylic acids is 2. The highest BCUT2D eigenvalue weighted by Crippen LogP contribution is 2.25. The first-order valence-corrected chi connectivity index (χ1v) is 11.2. The van der Waals surface area contributed by atoms with Gasteiger partial charge in [-0.25, -0.2) is 19.1 Å². The number of carbonyl (C=O) groups is 2. The monoisotopic (exact) mass is 451 g/mol. The quantitative estimate of drug-likeness (QED) is 0.425. The zero-order valence-electron chi connectivity index (χ0n) is 16.1. The molecule has 0 spiro atoms. The zero-order chi connectivity index (χ0) is 21.7. The van der Waals surface area contributed by atoms with E-state index in [1.165, 1.54) is 28.6 Å². The molecule has 2 N–H and O–H groups in total. The van der Waals surface area contributed by atoms with Crippen LogP contribution in [-0.4, -0.2) is 42.9 Å². The summed E-state index contributed by atoms with van der Waals surface area (Å²) in [5, 5.41) is 0.840. The molecule has 2 aromatic carbocycles. The lowest BCUT2D eigenvalue weighted by atomic mass is 9.96. The average molecular weight is 452 g/mol. The lowest BCUT2D eigenvalue weighted by molar-refractivity contribution is -0.180. The molecule has 160 valence electrons. The summed E-state index contributed by atoms with van der Waals surface area (Å²) in [4.78, 5) is 29.6. The van der Waals surface area contributed by atoms with Crippen LogP contribution in [0.2, 0.25) is 5.02 Å². The number of nitrogens with zero attached hydrogens (tertiary/aromatic N) is 2. The summed E-state index contributed by atoms with van der Waals surface area (Å²) in [5.41, 5.74) is 0.215. The van der Waals surface area contributed by atoms with E-state index >= 15 is 0 Å². The Hall–Kier alpha value is -2.46. The molecule has 0 bridgehead atoms. The van der Waals surface area contributed by atoms with Gasteiger partial charge in [0.05, 0.1) is 11.3 Å². The van der Waals surface area contributed by atoms with Crippen molar-refractivity contribution in [2.45, 2.75) is 24.2 Å². The number of hydroxylamine groups is 1. The maximum atomic E-state index is 12.8. The van der Waals surface area contributed by atoms with Gasteiger partial charge >= 0.3 is 11.9 Å². The summed E-state index contributed by atoms with van der Waals surface area (Å²) in [6.07, 6.45) is 1.24. The highest BCUT2D eigenvalue weighted by molar-refractivity contribution is 7.89. The van der Waals surface area contributed by atoms with Crippen LogP contribution >= 0.6 is 11.6 Å². The van der Waals surface area contributed by atoms with Gasteiger partial charge in [-0.2, -0.15) is 4.31 Å². The van der Waals surface area contributed by atoms with Crippen molar-refractivity contribution < 1.29 is 22.8 Å². The molecule has 0 aromatic heterocycles. The van der Waals surface area contributed by atoms with E-state index in [1.54, 1.807) is 30.3 Å². The molecule has 1 aliphatic rings. The van der Waals surface area contributed by atoms with Gasteiger partial charge in [-0.3, -0.25) is 4.79 Å². The van der Waals surface area contributed by atoms with Crippen LogP contribution < -0.4 is 5.84 Å². The van der Waals surface area contributed by atoms with Gasteiger partial charge < -0.3 is 4.84 Å². The summed E-state index contributed by atoms with van der Waals surface area (Å²) in [6.45, 7) is 0.586. The largest absolute Gasteiger partial charge is 0.334 e. The van der Waals surface area contributed by atoms with Gasteiger partial charge in [-0.15, -0.1) is 0 Å². The first kappa shape index (κ1) is 22.2. The molecule has 0 radical (unpaired) electrons. The van der Waals surface area contributed by atoms with Crippen molar-refractivity contribution in [2.24, 2.45) is 11.8 Å². The maximum Gasteiger partial charge on any atom is 0.334 e. The molecule has 0 saturated carbocycles. The summed E-state index contributed by atoms with van der Waals surface area (Å²) < 4.78 is 27.0. The number of benzene rings is 2. The van der Waals surface area contributed by atoms with Crippen LogP contribution in [0.5, 0.6) is 0 Å². The molecule has 1 fully saturated rings. The Kier molecular flexibility index (Phi) is 7.09. The second-order valence-corrected chi connectivity index (χ2v) is 9.36. The Morgan fingerprint density at radius 1 is 1.13 bits per heavy atom. The molecule has 3 rings (SSSR count). The molecule has 0 aliphatic carbocycles. The number of halogens is 1. The van der Waals surface area contributed by atoms with E-state index in [0.29, 0.717) is 29.6 Å². The van der Waals surface area contributed by atoms with Gasteiger partial charge in [-0.05, 0) is 55.2 Å². The van der Waals surface area contributed by atoms with Crippen LogP contribution in [0, 0.1) is 5.92 Å². The minimum atomic E-state index is -3.63. The number of hydrazine groups is 1. The third-order valence-electron chi connectivity index (χ3n) is 4.81. The van der Waals surface area contributed by atoms with Crippen molar-refractivity contribution in [1.82, 2.24) is 9.48 Å². The third kappa shape index (κ3) is 5.37. The second-order valence-electron chi connectivity index (χ2n) is 6.99. The van der Waals surface area contributed by atoms with Gasteiger partial charge in [-0.1, -0.05) is 35.0 Å². The summed E-state index contributed by atoms with van der Waals surface area (Å²) in [5.74, 6) is 3.93. The predicted octanol–water partition coefficient (Wildman–Crippen LogP) is 2.61. The first-order chi connectivity index (χ1) is 14.3. The number of piperidine rings is 1. The molecule has 8 nitrogen and oxygen atoms in total. The van der Waals surface area contributed by atoms with Crippen molar-refractivity contribution in [3.8, 4) is 0 Å². The Morgan fingerprint density at radius 2 is 1.80 bits per heavy atom. The van der Waals surface area contributed by atoms with Crippen LogP contribution in [-0.2, 0) is 19.7 Å². The van der Waals surface area contributed by atoms with E-state index in [1.807, 2.05) is 0 Å². The van der Waals surface area contributed by atoms with Crippen LogP contribution in [0.25, 0.3) is 0 Å². The third-order valence-corrected chi connectivity index (χ3v) is 6.94. The lowest BCUT2D eigenvalue weighted by Gasteiger charge is -2.31. The van der Waals surface area contributed by atoms with E-state index in [-0.39, 0.29) is 29.3 Å². The Bertz CT molecular complexity index is 999. The Balaban J connectivity index is 1.57. The summed E-state index contributed by atoms with van der Waals surface area (Å²) in [6, 6.07) is 14.1. The average Bonchev–Trinajstić information content (AvgIpc) is 2.74. The van der Waals surface area contributed by atoms with Crippen molar-refractivity contribution in [2.75, 3.05) is 13.1 Å². The number of nitrogens with two attached hydrogens (primary N) is 1. The molecule has 1 saturated heterocycles. The van der Waals surface area contributed by atoms with Crippen molar-refractivity contribution >= 4 is 33.5 Å². The minimum absolute atomic E-state index is 0.0532. The number of sulfonamides is 1. The van der Waals surface area contributed by atoms with Crippen molar-refractivity contribution in [1.29, 1.82) is 0 Å². The van der Waals surface area contributed by atoms with Crippen molar-refractivity contribution in [3.05, 3.63) is 65.2 Å². The van der Waals surface area contributed by atoms with E-state index < -0.39 is 21.9 Å². The highest BCUT2D eigenvalue weighted by Gasteiger charge is 2.32. The van der Waals surface area contributed by atoms with Gasteiger partial charge in [0.1, 0.15) is 0 Å². The number of rotatable bonds is 5. The molecule has 1 amide bonds. The van der Waals surface area contributed by atoms with Gasteiger partial charge in [0, 0.05) is 23.7 Å². The van der Waals surface area contributed by atoms with E-state index in [9.17, 15) is 18.0 Å². The molecule has 1 unspecified atom stereocenters. The van der Waals surface area contributed by atoms with E-state index in [0.717, 1.165) is 0 Å². The van der Waals surface area contributed by atoms with Crippen LogP contribution in [0.15, 0.2) is 59.5 Å². The molecular weight excluding hydrogens is 430 g/mol. The molecule has 2 aromatic rings. The van der Waals surface area contributed by atoms with E-state index in [2.05, 4.69) is 0 Å². The Morgan fingerprint density at radius 3 is 2.47 bits per heavy atom. The normalized spacial score (nSPS) is 17.3. The maximum absolute atomic E-state index is 12.8. The SMILES string of the molecule is NN(OC(=O)CC1CCCN(S(=O)(=O)c2ccccc2)C1)C(=O)c1ccc(Cl)cc1. The number of hydrogen-bond donors (Lipinski definition) is 1.